The number of halogens is 3. The molecule has 0 radical (unpaired) electrons. The van der Waals surface area contributed by atoms with Crippen LogP contribution in [0.5, 0.6) is 0 Å². The van der Waals surface area contributed by atoms with Crippen LogP contribution in [-0.4, -0.2) is 8.42 Å². The lowest BCUT2D eigenvalue weighted by Gasteiger charge is -2.10. The van der Waals surface area contributed by atoms with Crippen molar-refractivity contribution >= 4 is 54.7 Å². The third kappa shape index (κ3) is 3.28. The summed E-state index contributed by atoms with van der Waals surface area (Å²) in [4.78, 5) is 0.155. The molecule has 0 aromatic heterocycles. The Balaban J connectivity index is 2.46. The standard InChI is InChI=1S/C13H10BrCl2NO2S/c14-10-6-8(17)4-5-13(10)20(18,19)7-9-11(15)2-1-3-12(9)16/h1-6H,7,17H2. The predicted octanol–water partition coefficient (Wildman–Crippen LogP) is 4.31. The van der Waals surface area contributed by atoms with E-state index in [1.807, 2.05) is 0 Å². The molecule has 2 N–H and O–H groups in total. The first-order valence-electron chi connectivity index (χ1n) is 5.52. The lowest BCUT2D eigenvalue weighted by Crippen LogP contribution is -2.07. The number of anilines is 1. The summed E-state index contributed by atoms with van der Waals surface area (Å²) in [6.45, 7) is 0. The van der Waals surface area contributed by atoms with E-state index < -0.39 is 9.84 Å². The van der Waals surface area contributed by atoms with Crippen LogP contribution in [0.15, 0.2) is 45.8 Å². The van der Waals surface area contributed by atoms with Crippen LogP contribution < -0.4 is 5.73 Å². The number of benzene rings is 2. The monoisotopic (exact) mass is 393 g/mol. The molecule has 0 aliphatic rings. The second-order valence-electron chi connectivity index (χ2n) is 4.15. The van der Waals surface area contributed by atoms with Crippen molar-refractivity contribution in [3.05, 3.63) is 56.5 Å². The summed E-state index contributed by atoms with van der Waals surface area (Å²) in [6, 6.07) is 9.42. The molecule has 3 nitrogen and oxygen atoms in total. The quantitative estimate of drug-likeness (QED) is 0.789. The first kappa shape index (κ1) is 15.6. The molecule has 7 heteroatoms. The Hall–Kier alpha value is -0.750. The van der Waals surface area contributed by atoms with Crippen molar-refractivity contribution < 1.29 is 8.42 Å². The third-order valence-corrected chi connectivity index (χ3v) is 6.01. The van der Waals surface area contributed by atoms with Gasteiger partial charge in [0.1, 0.15) is 0 Å². The molecule has 2 aromatic rings. The van der Waals surface area contributed by atoms with E-state index in [4.69, 9.17) is 28.9 Å². The Morgan fingerprint density at radius 2 is 1.70 bits per heavy atom. The molecule has 106 valence electrons. The number of sulfone groups is 1. The summed E-state index contributed by atoms with van der Waals surface area (Å²) < 4.78 is 25.3. The van der Waals surface area contributed by atoms with Gasteiger partial charge in [-0.2, -0.15) is 0 Å². The maximum absolute atomic E-state index is 12.5. The molecule has 0 amide bonds. The topological polar surface area (TPSA) is 60.2 Å². The number of hydrogen-bond donors (Lipinski definition) is 1. The van der Waals surface area contributed by atoms with E-state index in [1.54, 1.807) is 24.3 Å². The molecule has 0 fully saturated rings. The van der Waals surface area contributed by atoms with Gasteiger partial charge in [-0.1, -0.05) is 29.3 Å². The van der Waals surface area contributed by atoms with Gasteiger partial charge in [-0.05, 0) is 46.3 Å². The van der Waals surface area contributed by atoms with Crippen LogP contribution in [0.1, 0.15) is 5.56 Å². The van der Waals surface area contributed by atoms with E-state index in [-0.39, 0.29) is 10.6 Å². The van der Waals surface area contributed by atoms with Crippen LogP contribution in [0.2, 0.25) is 10.0 Å². The molecule has 0 heterocycles. The third-order valence-electron chi connectivity index (χ3n) is 2.69. The summed E-state index contributed by atoms with van der Waals surface area (Å²) in [5.74, 6) is -0.270. The summed E-state index contributed by atoms with van der Waals surface area (Å²) in [7, 11) is -3.58. The molecule has 0 bridgehead atoms. The first-order valence-corrected chi connectivity index (χ1v) is 8.72. The number of nitrogens with two attached hydrogens (primary N) is 1. The summed E-state index contributed by atoms with van der Waals surface area (Å²) in [5.41, 5.74) is 6.47. The maximum atomic E-state index is 12.5. The highest BCUT2D eigenvalue weighted by Gasteiger charge is 2.21. The van der Waals surface area contributed by atoms with Crippen molar-refractivity contribution in [3.63, 3.8) is 0 Å². The average molecular weight is 395 g/mol. The SMILES string of the molecule is Nc1ccc(S(=O)(=O)Cc2c(Cl)cccc2Cl)c(Br)c1. The van der Waals surface area contributed by atoms with E-state index in [9.17, 15) is 8.42 Å². The van der Waals surface area contributed by atoms with Crippen molar-refractivity contribution in [2.75, 3.05) is 5.73 Å². The van der Waals surface area contributed by atoms with E-state index in [0.717, 1.165) is 0 Å². The van der Waals surface area contributed by atoms with Gasteiger partial charge in [0, 0.05) is 25.8 Å². The molecule has 2 rings (SSSR count). The Labute approximate surface area is 135 Å². The molecule has 0 saturated carbocycles. The first-order chi connectivity index (χ1) is 9.31. The average Bonchev–Trinajstić information content (AvgIpc) is 2.33. The largest absolute Gasteiger partial charge is 0.399 e. The highest BCUT2D eigenvalue weighted by Crippen LogP contribution is 2.31. The van der Waals surface area contributed by atoms with Crippen LogP contribution in [-0.2, 0) is 15.6 Å². The molecular formula is C13H10BrCl2NO2S. The number of rotatable bonds is 3. The molecule has 0 aliphatic carbocycles. The van der Waals surface area contributed by atoms with Crippen LogP contribution in [0, 0.1) is 0 Å². The molecule has 2 aromatic carbocycles. The highest BCUT2D eigenvalue weighted by molar-refractivity contribution is 9.10. The zero-order valence-electron chi connectivity index (χ0n) is 10.1. The van der Waals surface area contributed by atoms with Crippen LogP contribution >= 0.6 is 39.1 Å². The zero-order valence-corrected chi connectivity index (χ0v) is 14.0. The molecule has 0 unspecified atom stereocenters. The minimum atomic E-state index is -3.58. The maximum Gasteiger partial charge on any atom is 0.183 e. The van der Waals surface area contributed by atoms with Crippen LogP contribution in [0.25, 0.3) is 0 Å². The van der Waals surface area contributed by atoms with Gasteiger partial charge in [-0.3, -0.25) is 0 Å². The van der Waals surface area contributed by atoms with Crippen molar-refractivity contribution in [1.29, 1.82) is 0 Å². The van der Waals surface area contributed by atoms with Crippen molar-refractivity contribution in [2.24, 2.45) is 0 Å². The van der Waals surface area contributed by atoms with Gasteiger partial charge < -0.3 is 5.73 Å². The molecular weight excluding hydrogens is 385 g/mol. The van der Waals surface area contributed by atoms with Gasteiger partial charge in [0.25, 0.3) is 0 Å². The van der Waals surface area contributed by atoms with Gasteiger partial charge >= 0.3 is 0 Å². The molecule has 0 aliphatic heterocycles. The van der Waals surface area contributed by atoms with Crippen molar-refractivity contribution in [1.82, 2.24) is 0 Å². The summed E-state index contributed by atoms with van der Waals surface area (Å²) in [5, 5.41) is 0.653. The van der Waals surface area contributed by atoms with Crippen molar-refractivity contribution in [3.8, 4) is 0 Å². The van der Waals surface area contributed by atoms with E-state index in [2.05, 4.69) is 15.9 Å². The lowest BCUT2D eigenvalue weighted by atomic mass is 10.2. The van der Waals surface area contributed by atoms with Gasteiger partial charge in [0.05, 0.1) is 10.6 Å². The second-order valence-corrected chi connectivity index (χ2v) is 7.78. The fourth-order valence-corrected chi connectivity index (χ4v) is 5.01. The Morgan fingerprint density at radius 1 is 1.10 bits per heavy atom. The number of hydrogen-bond acceptors (Lipinski definition) is 3. The Bertz CT molecular complexity index is 743. The summed E-state index contributed by atoms with van der Waals surface area (Å²) >= 11 is 15.2. The fraction of sp³-hybridized carbons (Fsp3) is 0.0769. The van der Waals surface area contributed by atoms with E-state index >= 15 is 0 Å². The molecule has 0 spiro atoms. The zero-order chi connectivity index (χ0) is 14.9. The molecule has 0 atom stereocenters. The van der Waals surface area contributed by atoms with Crippen LogP contribution in [0.3, 0.4) is 0 Å². The van der Waals surface area contributed by atoms with Crippen molar-refractivity contribution in [2.45, 2.75) is 10.6 Å². The second kappa shape index (κ2) is 5.93. The normalized spacial score (nSPS) is 11.6. The minimum Gasteiger partial charge on any atom is -0.399 e. The highest BCUT2D eigenvalue weighted by atomic mass is 79.9. The predicted molar refractivity (Wildman–Crippen MR) is 85.9 cm³/mol. The summed E-state index contributed by atoms with van der Waals surface area (Å²) in [6.07, 6.45) is 0. The van der Waals surface area contributed by atoms with Crippen LogP contribution in [0.4, 0.5) is 5.69 Å². The van der Waals surface area contributed by atoms with Gasteiger partial charge in [0.2, 0.25) is 0 Å². The Morgan fingerprint density at radius 3 is 2.25 bits per heavy atom. The smallest absolute Gasteiger partial charge is 0.183 e. The molecule has 20 heavy (non-hydrogen) atoms. The number of nitrogen functional groups attached to an aromatic ring is 1. The van der Waals surface area contributed by atoms with E-state index in [1.165, 1.54) is 12.1 Å². The molecule has 0 saturated heterocycles. The van der Waals surface area contributed by atoms with Gasteiger partial charge in [0.15, 0.2) is 9.84 Å². The van der Waals surface area contributed by atoms with Gasteiger partial charge in [-0.25, -0.2) is 8.42 Å². The Kier molecular flexibility index (Phi) is 4.64. The van der Waals surface area contributed by atoms with E-state index in [0.29, 0.717) is 25.8 Å². The van der Waals surface area contributed by atoms with Gasteiger partial charge in [-0.15, -0.1) is 0 Å². The fourth-order valence-electron chi connectivity index (χ4n) is 1.71. The lowest BCUT2D eigenvalue weighted by molar-refractivity contribution is 0.595. The minimum absolute atomic E-state index is 0.155.